The lowest BCUT2D eigenvalue weighted by atomic mass is 10.2. The third-order valence-corrected chi connectivity index (χ3v) is 6.44. The number of carbonyl (C=O) groups is 1. The molecule has 23 heavy (non-hydrogen) atoms. The van der Waals surface area contributed by atoms with Gasteiger partial charge in [0, 0.05) is 11.0 Å². The van der Waals surface area contributed by atoms with E-state index in [-0.39, 0.29) is 4.90 Å². The van der Waals surface area contributed by atoms with Crippen LogP contribution in [0.1, 0.15) is 39.2 Å². The molecule has 0 aliphatic carbocycles. The van der Waals surface area contributed by atoms with Gasteiger partial charge in [0.05, 0.1) is 4.90 Å². The van der Waals surface area contributed by atoms with Gasteiger partial charge in [-0.05, 0) is 74.2 Å². The summed E-state index contributed by atoms with van der Waals surface area (Å²) in [7, 11) is -3.75. The van der Waals surface area contributed by atoms with E-state index in [2.05, 4.69) is 15.9 Å². The van der Waals surface area contributed by atoms with E-state index in [1.165, 1.54) is 4.31 Å². The minimum Gasteiger partial charge on any atom is -0.459 e. The van der Waals surface area contributed by atoms with E-state index in [4.69, 9.17) is 4.74 Å². The molecule has 1 aromatic rings. The highest BCUT2D eigenvalue weighted by Gasteiger charge is 2.42. The Bertz CT molecular complexity index is 709. The Labute approximate surface area is 146 Å². The third-order valence-electron chi connectivity index (χ3n) is 3.56. The predicted octanol–water partition coefficient (Wildman–Crippen LogP) is 3.25. The molecule has 1 atom stereocenters. The first-order valence-electron chi connectivity index (χ1n) is 7.53. The lowest BCUT2D eigenvalue weighted by Crippen LogP contribution is -2.43. The van der Waals surface area contributed by atoms with Gasteiger partial charge in [-0.15, -0.1) is 0 Å². The van der Waals surface area contributed by atoms with Gasteiger partial charge in [0.25, 0.3) is 0 Å². The van der Waals surface area contributed by atoms with Crippen molar-refractivity contribution in [1.82, 2.24) is 4.31 Å². The van der Waals surface area contributed by atoms with Crippen LogP contribution in [0, 0.1) is 6.92 Å². The van der Waals surface area contributed by atoms with Gasteiger partial charge in [-0.2, -0.15) is 4.31 Å². The van der Waals surface area contributed by atoms with Gasteiger partial charge in [-0.25, -0.2) is 8.42 Å². The fourth-order valence-electron chi connectivity index (χ4n) is 2.57. The van der Waals surface area contributed by atoms with Gasteiger partial charge < -0.3 is 4.74 Å². The van der Waals surface area contributed by atoms with Gasteiger partial charge in [0.15, 0.2) is 0 Å². The van der Waals surface area contributed by atoms with Gasteiger partial charge in [0.2, 0.25) is 10.0 Å². The fourth-order valence-corrected chi connectivity index (χ4v) is 5.38. The van der Waals surface area contributed by atoms with Gasteiger partial charge >= 0.3 is 5.97 Å². The van der Waals surface area contributed by atoms with Crippen molar-refractivity contribution < 1.29 is 17.9 Å². The first kappa shape index (κ1) is 18.4. The summed E-state index contributed by atoms with van der Waals surface area (Å²) in [6.45, 7) is 7.53. The van der Waals surface area contributed by atoms with Crippen molar-refractivity contribution in [3.63, 3.8) is 0 Å². The highest BCUT2D eigenvalue weighted by molar-refractivity contribution is 9.10. The molecule has 2 rings (SSSR count). The third kappa shape index (κ3) is 4.14. The van der Waals surface area contributed by atoms with Crippen molar-refractivity contribution in [3.8, 4) is 0 Å². The Morgan fingerprint density at radius 2 is 2.00 bits per heavy atom. The van der Waals surface area contributed by atoms with Crippen LogP contribution in [-0.2, 0) is 19.6 Å². The SMILES string of the molecule is Cc1ccc(S(=O)(=O)N2CCC[C@H]2C(=O)OC(C)(C)C)c(Br)c1. The molecule has 7 heteroatoms. The number of halogens is 1. The maximum atomic E-state index is 12.9. The van der Waals surface area contributed by atoms with Gasteiger partial charge in [-0.1, -0.05) is 6.07 Å². The number of sulfonamides is 1. The Morgan fingerprint density at radius 1 is 1.35 bits per heavy atom. The summed E-state index contributed by atoms with van der Waals surface area (Å²) in [6, 6.07) is 4.31. The minimum absolute atomic E-state index is 0.179. The summed E-state index contributed by atoms with van der Waals surface area (Å²) in [5, 5.41) is 0. The summed E-state index contributed by atoms with van der Waals surface area (Å²) < 4.78 is 33.0. The highest BCUT2D eigenvalue weighted by Crippen LogP contribution is 2.31. The molecule has 128 valence electrons. The molecule has 1 saturated heterocycles. The van der Waals surface area contributed by atoms with E-state index >= 15 is 0 Å². The van der Waals surface area contributed by atoms with Crippen molar-refractivity contribution in [3.05, 3.63) is 28.2 Å². The molecular formula is C16H22BrNO4S. The average Bonchev–Trinajstić information content (AvgIpc) is 2.85. The second-order valence-electron chi connectivity index (χ2n) is 6.74. The summed E-state index contributed by atoms with van der Waals surface area (Å²) in [4.78, 5) is 12.5. The van der Waals surface area contributed by atoms with E-state index < -0.39 is 27.6 Å². The molecule has 0 spiro atoms. The normalized spacial score (nSPS) is 19.8. The zero-order valence-corrected chi connectivity index (χ0v) is 16.2. The fraction of sp³-hybridized carbons (Fsp3) is 0.562. The number of aryl methyl sites for hydroxylation is 1. The van der Waals surface area contributed by atoms with Crippen molar-refractivity contribution in [2.24, 2.45) is 0 Å². The largest absolute Gasteiger partial charge is 0.459 e. The standard InChI is InChI=1S/C16H22BrNO4S/c1-11-7-8-14(12(17)10-11)23(20,21)18-9-5-6-13(18)15(19)22-16(2,3)4/h7-8,10,13H,5-6,9H2,1-4H3/t13-/m0/s1. The zero-order valence-electron chi connectivity index (χ0n) is 13.8. The molecule has 1 fully saturated rings. The van der Waals surface area contributed by atoms with Crippen LogP contribution in [-0.4, -0.2) is 36.9 Å². The number of carbonyl (C=O) groups excluding carboxylic acids is 1. The molecule has 0 bridgehead atoms. The summed E-state index contributed by atoms with van der Waals surface area (Å²) in [6.07, 6.45) is 1.13. The number of nitrogens with zero attached hydrogens (tertiary/aromatic N) is 1. The lowest BCUT2D eigenvalue weighted by Gasteiger charge is -2.27. The van der Waals surface area contributed by atoms with Crippen LogP contribution in [0.2, 0.25) is 0 Å². The monoisotopic (exact) mass is 403 g/mol. The van der Waals surface area contributed by atoms with Crippen molar-refractivity contribution >= 4 is 31.9 Å². The van der Waals surface area contributed by atoms with Crippen LogP contribution in [0.15, 0.2) is 27.6 Å². The van der Waals surface area contributed by atoms with Crippen LogP contribution in [0.5, 0.6) is 0 Å². The first-order chi connectivity index (χ1) is 10.5. The number of esters is 1. The topological polar surface area (TPSA) is 63.7 Å². The van der Waals surface area contributed by atoms with Gasteiger partial charge in [-0.3, -0.25) is 4.79 Å². The molecule has 0 N–H and O–H groups in total. The molecule has 0 aromatic heterocycles. The quantitative estimate of drug-likeness (QED) is 0.726. The lowest BCUT2D eigenvalue weighted by molar-refractivity contribution is -0.158. The second kappa shape index (κ2) is 6.53. The summed E-state index contributed by atoms with van der Waals surface area (Å²) >= 11 is 3.31. The number of ether oxygens (including phenoxy) is 1. The molecule has 5 nitrogen and oxygen atoms in total. The van der Waals surface area contributed by atoms with E-state index in [0.29, 0.717) is 23.9 Å². The zero-order chi connectivity index (χ0) is 17.4. The molecular weight excluding hydrogens is 382 g/mol. The molecule has 1 heterocycles. The molecule has 1 aliphatic rings. The number of benzene rings is 1. The molecule has 0 radical (unpaired) electrons. The summed E-state index contributed by atoms with van der Waals surface area (Å²) in [5.41, 5.74) is 0.320. The second-order valence-corrected chi connectivity index (χ2v) is 9.45. The maximum absolute atomic E-state index is 12.9. The Balaban J connectivity index is 2.33. The van der Waals surface area contributed by atoms with E-state index in [0.717, 1.165) is 5.56 Å². The van der Waals surface area contributed by atoms with E-state index in [1.807, 2.05) is 6.92 Å². The molecule has 1 aliphatic heterocycles. The number of hydrogen-bond donors (Lipinski definition) is 0. The highest BCUT2D eigenvalue weighted by atomic mass is 79.9. The molecule has 0 unspecified atom stereocenters. The molecule has 0 saturated carbocycles. The van der Waals surface area contributed by atoms with Crippen LogP contribution in [0.4, 0.5) is 0 Å². The summed E-state index contributed by atoms with van der Waals surface area (Å²) in [5.74, 6) is -0.484. The smallest absolute Gasteiger partial charge is 0.324 e. The van der Waals surface area contributed by atoms with Crippen LogP contribution in [0.25, 0.3) is 0 Å². The number of rotatable bonds is 3. The Kier molecular flexibility index (Phi) is 5.23. The van der Waals surface area contributed by atoms with Crippen LogP contribution < -0.4 is 0 Å². The Morgan fingerprint density at radius 3 is 2.57 bits per heavy atom. The maximum Gasteiger partial charge on any atom is 0.324 e. The molecule has 0 amide bonds. The van der Waals surface area contributed by atoms with Crippen molar-refractivity contribution in [2.45, 2.75) is 57.1 Å². The van der Waals surface area contributed by atoms with Crippen LogP contribution >= 0.6 is 15.9 Å². The molecule has 1 aromatic carbocycles. The predicted molar refractivity (Wildman–Crippen MR) is 91.6 cm³/mol. The van der Waals surface area contributed by atoms with Crippen LogP contribution in [0.3, 0.4) is 0 Å². The first-order valence-corrected chi connectivity index (χ1v) is 9.76. The van der Waals surface area contributed by atoms with Crippen molar-refractivity contribution in [2.75, 3.05) is 6.54 Å². The Hall–Kier alpha value is -0.920. The number of hydrogen-bond acceptors (Lipinski definition) is 4. The van der Waals surface area contributed by atoms with E-state index in [9.17, 15) is 13.2 Å². The average molecular weight is 404 g/mol. The van der Waals surface area contributed by atoms with Gasteiger partial charge in [0.1, 0.15) is 11.6 Å². The van der Waals surface area contributed by atoms with Crippen molar-refractivity contribution in [1.29, 1.82) is 0 Å². The minimum atomic E-state index is -3.75. The van der Waals surface area contributed by atoms with E-state index in [1.54, 1.807) is 39.0 Å².